The lowest BCUT2D eigenvalue weighted by molar-refractivity contribution is -0.255. The minimum atomic E-state index is -1.24. The van der Waals surface area contributed by atoms with Gasteiger partial charge in [-0.25, -0.2) is 5.43 Å². The maximum atomic E-state index is 12.3. The number of carboxylic acids is 1. The Balaban J connectivity index is 1.43. The fourth-order valence-corrected chi connectivity index (χ4v) is 2.87. The van der Waals surface area contributed by atoms with Crippen molar-refractivity contribution in [3.8, 4) is 17.1 Å². The smallest absolute Gasteiger partial charge is 0.307 e. The number of aromatic carboxylic acids is 1. The molecule has 0 fully saturated rings. The fraction of sp³-hybridized carbons (Fsp3) is 0.0455. The quantitative estimate of drug-likeness (QED) is 0.391. The summed E-state index contributed by atoms with van der Waals surface area (Å²) in [7, 11) is 1.52. The summed E-state index contributed by atoms with van der Waals surface area (Å²) in [5.74, 6) is -0.204. The molecule has 0 aliphatic heterocycles. The molecule has 150 valence electrons. The summed E-state index contributed by atoms with van der Waals surface area (Å²) < 4.78 is 16.4. The average molecular weight is 403 g/mol. The highest BCUT2D eigenvalue weighted by molar-refractivity contribution is 5.97. The van der Waals surface area contributed by atoms with Crippen molar-refractivity contribution >= 4 is 29.1 Å². The van der Waals surface area contributed by atoms with Crippen LogP contribution in [0.25, 0.3) is 22.3 Å². The first kappa shape index (κ1) is 19.0. The lowest BCUT2D eigenvalue weighted by Crippen LogP contribution is -2.21. The number of fused-ring (bicyclic) bond motifs is 1. The van der Waals surface area contributed by atoms with E-state index in [2.05, 4.69) is 10.5 Å². The Kier molecular flexibility index (Phi) is 5.04. The van der Waals surface area contributed by atoms with Crippen LogP contribution in [-0.2, 0) is 0 Å². The van der Waals surface area contributed by atoms with Crippen LogP contribution < -0.4 is 15.3 Å². The Morgan fingerprint density at radius 1 is 1.07 bits per heavy atom. The van der Waals surface area contributed by atoms with Gasteiger partial charge in [0.05, 0.1) is 19.3 Å². The van der Waals surface area contributed by atoms with E-state index in [0.29, 0.717) is 28.4 Å². The van der Waals surface area contributed by atoms with Gasteiger partial charge in [0.1, 0.15) is 11.5 Å². The monoisotopic (exact) mass is 403 g/mol. The van der Waals surface area contributed by atoms with Crippen molar-refractivity contribution in [3.05, 3.63) is 77.7 Å². The van der Waals surface area contributed by atoms with Crippen molar-refractivity contribution in [1.29, 1.82) is 0 Å². The van der Waals surface area contributed by atoms with Gasteiger partial charge in [0.15, 0.2) is 17.1 Å². The van der Waals surface area contributed by atoms with E-state index < -0.39 is 11.9 Å². The first-order chi connectivity index (χ1) is 14.5. The Morgan fingerprint density at radius 3 is 2.60 bits per heavy atom. The van der Waals surface area contributed by atoms with Crippen molar-refractivity contribution < 1.29 is 28.3 Å². The van der Waals surface area contributed by atoms with Crippen molar-refractivity contribution in [2.75, 3.05) is 7.11 Å². The lowest BCUT2D eigenvalue weighted by Gasteiger charge is -2.02. The third kappa shape index (κ3) is 3.79. The second-order valence-electron chi connectivity index (χ2n) is 6.26. The number of hydrogen-bond donors (Lipinski definition) is 1. The Hall–Kier alpha value is -4.33. The maximum absolute atomic E-state index is 12.3. The van der Waals surface area contributed by atoms with Gasteiger partial charge in [-0.2, -0.15) is 5.10 Å². The number of nitrogens with one attached hydrogen (secondary N) is 1. The predicted molar refractivity (Wildman–Crippen MR) is 106 cm³/mol. The van der Waals surface area contributed by atoms with Gasteiger partial charge in [-0.1, -0.05) is 36.4 Å². The molecule has 2 heterocycles. The van der Waals surface area contributed by atoms with Crippen LogP contribution in [0.2, 0.25) is 0 Å². The third-order valence-electron chi connectivity index (χ3n) is 4.34. The summed E-state index contributed by atoms with van der Waals surface area (Å²) in [5.41, 5.74) is 3.64. The standard InChI is InChI=1S/C22H16N2O6/c1-28-18-4-2-3-15-11-19(30-20(15)18)21(25)24-23-12-16-9-10-17(29-16)13-5-7-14(8-6-13)22(26)27/h2-12H,1H3,(H,24,25)(H,26,27)/p-1/b23-12-. The molecule has 0 aliphatic rings. The number of para-hydroxylation sites is 1. The molecule has 0 aliphatic carbocycles. The summed E-state index contributed by atoms with van der Waals surface area (Å²) in [6.45, 7) is 0. The summed E-state index contributed by atoms with van der Waals surface area (Å²) in [5, 5.41) is 15.4. The van der Waals surface area contributed by atoms with E-state index in [9.17, 15) is 14.7 Å². The van der Waals surface area contributed by atoms with Crippen LogP contribution in [-0.4, -0.2) is 25.2 Å². The van der Waals surface area contributed by atoms with E-state index in [0.717, 1.165) is 5.39 Å². The number of carbonyl (C=O) groups excluding carboxylic acids is 2. The number of nitrogens with zero attached hydrogens (tertiary/aromatic N) is 1. The summed E-state index contributed by atoms with van der Waals surface area (Å²) >= 11 is 0. The van der Waals surface area contributed by atoms with Crippen molar-refractivity contribution in [1.82, 2.24) is 5.43 Å². The molecule has 0 bridgehead atoms. The number of hydrogen-bond acceptors (Lipinski definition) is 7. The van der Waals surface area contributed by atoms with Crippen LogP contribution in [0.4, 0.5) is 0 Å². The Morgan fingerprint density at radius 2 is 1.87 bits per heavy atom. The second kappa shape index (κ2) is 7.96. The highest BCUT2D eigenvalue weighted by Gasteiger charge is 2.14. The van der Waals surface area contributed by atoms with Gasteiger partial charge < -0.3 is 23.5 Å². The highest BCUT2D eigenvalue weighted by Crippen LogP contribution is 2.28. The zero-order chi connectivity index (χ0) is 21.1. The van der Waals surface area contributed by atoms with Crippen molar-refractivity contribution in [3.63, 3.8) is 0 Å². The second-order valence-corrected chi connectivity index (χ2v) is 6.26. The number of rotatable bonds is 6. The predicted octanol–water partition coefficient (Wildman–Crippen LogP) is 2.83. The van der Waals surface area contributed by atoms with Crippen molar-refractivity contribution in [2.45, 2.75) is 0 Å². The fourth-order valence-electron chi connectivity index (χ4n) is 2.87. The summed E-state index contributed by atoms with van der Waals surface area (Å²) in [6, 6.07) is 16.4. The minimum Gasteiger partial charge on any atom is -0.545 e. The molecule has 1 N–H and O–H groups in total. The molecule has 2 aromatic carbocycles. The molecular weight excluding hydrogens is 388 g/mol. The number of benzene rings is 2. The molecular formula is C22H15N2O6-. The molecule has 0 spiro atoms. The average Bonchev–Trinajstić information content (AvgIpc) is 3.40. The number of carbonyl (C=O) groups is 2. The number of hydrazone groups is 1. The van der Waals surface area contributed by atoms with Crippen LogP contribution in [0.15, 0.2) is 74.6 Å². The zero-order valence-corrected chi connectivity index (χ0v) is 15.7. The number of amides is 1. The van der Waals surface area contributed by atoms with Gasteiger partial charge >= 0.3 is 5.91 Å². The van der Waals surface area contributed by atoms with Crippen LogP contribution in [0.5, 0.6) is 5.75 Å². The normalized spacial score (nSPS) is 11.1. The summed E-state index contributed by atoms with van der Waals surface area (Å²) in [4.78, 5) is 23.1. The molecule has 8 heteroatoms. The lowest BCUT2D eigenvalue weighted by atomic mass is 10.1. The van der Waals surface area contributed by atoms with Gasteiger partial charge in [-0.05, 0) is 29.8 Å². The topological polar surface area (TPSA) is 117 Å². The van der Waals surface area contributed by atoms with Crippen LogP contribution >= 0.6 is 0 Å². The number of methoxy groups -OCH3 is 1. The third-order valence-corrected chi connectivity index (χ3v) is 4.34. The molecule has 30 heavy (non-hydrogen) atoms. The van der Waals surface area contributed by atoms with Crippen LogP contribution in [0.3, 0.4) is 0 Å². The van der Waals surface area contributed by atoms with Crippen LogP contribution in [0.1, 0.15) is 26.7 Å². The molecule has 0 unspecified atom stereocenters. The molecule has 0 atom stereocenters. The van der Waals surface area contributed by atoms with Gasteiger partial charge in [0.2, 0.25) is 0 Å². The molecule has 2 aromatic heterocycles. The van der Waals surface area contributed by atoms with E-state index in [-0.39, 0.29) is 11.3 Å². The first-order valence-electron chi connectivity index (χ1n) is 8.87. The van der Waals surface area contributed by atoms with E-state index >= 15 is 0 Å². The molecule has 0 saturated heterocycles. The SMILES string of the molecule is COc1cccc2cc(C(=O)N/N=C\c3ccc(-c4ccc(C(=O)[O-])cc4)o3)oc12. The largest absolute Gasteiger partial charge is 0.545 e. The number of furan rings is 2. The first-order valence-corrected chi connectivity index (χ1v) is 8.87. The van der Waals surface area contributed by atoms with E-state index in [1.807, 2.05) is 6.07 Å². The van der Waals surface area contributed by atoms with Gasteiger partial charge in [-0.3, -0.25) is 4.79 Å². The molecule has 1 amide bonds. The van der Waals surface area contributed by atoms with Crippen LogP contribution in [0, 0.1) is 0 Å². The molecule has 4 rings (SSSR count). The van der Waals surface area contributed by atoms with Gasteiger partial charge in [0, 0.05) is 10.9 Å². The number of ether oxygens (including phenoxy) is 1. The highest BCUT2D eigenvalue weighted by atomic mass is 16.5. The van der Waals surface area contributed by atoms with Crippen molar-refractivity contribution in [2.24, 2.45) is 5.10 Å². The van der Waals surface area contributed by atoms with E-state index in [1.54, 1.807) is 42.5 Å². The molecule has 8 nitrogen and oxygen atoms in total. The summed E-state index contributed by atoms with van der Waals surface area (Å²) in [6.07, 6.45) is 1.35. The van der Waals surface area contributed by atoms with Gasteiger partial charge in [-0.15, -0.1) is 0 Å². The minimum absolute atomic E-state index is 0.0815. The van der Waals surface area contributed by atoms with E-state index in [1.165, 1.54) is 25.5 Å². The van der Waals surface area contributed by atoms with Gasteiger partial charge in [0.25, 0.3) is 0 Å². The Bertz CT molecular complexity index is 1250. The van der Waals surface area contributed by atoms with E-state index in [4.69, 9.17) is 13.6 Å². The Labute approximate surface area is 170 Å². The zero-order valence-electron chi connectivity index (χ0n) is 15.7. The maximum Gasteiger partial charge on any atom is 0.307 e. The molecule has 0 radical (unpaired) electrons. The molecule has 0 saturated carbocycles. The molecule has 4 aromatic rings. The number of carboxylic acid groups (broad SMARTS) is 1.